The van der Waals surface area contributed by atoms with Crippen molar-refractivity contribution in [3.05, 3.63) is 21.8 Å². The van der Waals surface area contributed by atoms with Gasteiger partial charge in [0, 0.05) is 28.5 Å². The predicted molar refractivity (Wildman–Crippen MR) is 152 cm³/mol. The molecule has 4 N–H and O–H groups in total. The van der Waals surface area contributed by atoms with Gasteiger partial charge in [-0.2, -0.15) is 0 Å². The van der Waals surface area contributed by atoms with Crippen LogP contribution in [0.5, 0.6) is 0 Å². The lowest BCUT2D eigenvalue weighted by Gasteiger charge is -2.49. The zero-order valence-corrected chi connectivity index (χ0v) is 24.9. The topological polar surface area (TPSA) is 161 Å². The lowest BCUT2D eigenvalue weighted by molar-refractivity contribution is -0.150. The molecule has 2 unspecified atom stereocenters. The second-order valence-electron chi connectivity index (χ2n) is 9.18. The van der Waals surface area contributed by atoms with Crippen molar-refractivity contribution in [3.8, 4) is 0 Å². The third-order valence-electron chi connectivity index (χ3n) is 5.25. The maximum absolute atomic E-state index is 12.9. The van der Waals surface area contributed by atoms with Crippen LogP contribution in [0.4, 0.5) is 0 Å². The fraction of sp³-hybridized carbons (Fsp3) is 0.565. The Kier molecular flexibility index (Phi) is 10.5. The minimum atomic E-state index is -1.20. The first kappa shape index (κ1) is 30.3. The molecule has 0 bridgehead atoms. The summed E-state index contributed by atoms with van der Waals surface area (Å²) in [6.45, 7) is 9.59. The SMILES string of the molecule is Cc1nc(SCC2=C(C(=O)O)N3C(=O)C(NC(=O)CS/C(=N/C(C)C)NC(C)C)C3SC2)sc1CC(=O)O. The second-order valence-corrected chi connectivity index (χ2v) is 13.6. The van der Waals surface area contributed by atoms with Crippen molar-refractivity contribution < 1.29 is 29.4 Å². The van der Waals surface area contributed by atoms with Crippen LogP contribution in [0.1, 0.15) is 38.3 Å². The van der Waals surface area contributed by atoms with E-state index in [0.29, 0.717) is 37.2 Å². The van der Waals surface area contributed by atoms with Gasteiger partial charge in [-0.05, 0) is 40.2 Å². The number of nitrogens with zero attached hydrogens (tertiary/aromatic N) is 3. The summed E-state index contributed by atoms with van der Waals surface area (Å²) in [5, 5.41) is 25.1. The predicted octanol–water partition coefficient (Wildman–Crippen LogP) is 2.40. The van der Waals surface area contributed by atoms with Crippen molar-refractivity contribution in [2.24, 2.45) is 4.99 Å². The smallest absolute Gasteiger partial charge is 0.352 e. The summed E-state index contributed by atoms with van der Waals surface area (Å²) in [5.41, 5.74) is 1.17. The van der Waals surface area contributed by atoms with Crippen LogP contribution >= 0.6 is 46.6 Å². The Hall–Kier alpha value is -2.23. The summed E-state index contributed by atoms with van der Waals surface area (Å²) in [6.07, 6.45) is -0.112. The number of carbonyl (C=O) groups is 4. The maximum Gasteiger partial charge on any atom is 0.352 e. The van der Waals surface area contributed by atoms with E-state index in [1.165, 1.54) is 51.5 Å². The minimum Gasteiger partial charge on any atom is -0.481 e. The number of carboxylic acids is 2. The van der Waals surface area contributed by atoms with Gasteiger partial charge in [0.1, 0.15) is 17.1 Å². The number of amidine groups is 1. The van der Waals surface area contributed by atoms with Crippen LogP contribution in [0.3, 0.4) is 0 Å². The number of β-lactam (4-membered cyclic amide) rings is 1. The average molecular weight is 602 g/mol. The lowest BCUT2D eigenvalue weighted by atomic mass is 10.0. The molecule has 2 aliphatic heterocycles. The van der Waals surface area contributed by atoms with Gasteiger partial charge in [-0.25, -0.2) is 9.78 Å². The zero-order valence-electron chi connectivity index (χ0n) is 21.6. The van der Waals surface area contributed by atoms with E-state index in [0.717, 1.165) is 0 Å². The van der Waals surface area contributed by atoms with Gasteiger partial charge in [-0.15, -0.1) is 23.1 Å². The number of hydrogen-bond donors (Lipinski definition) is 4. The zero-order chi connectivity index (χ0) is 28.1. The van der Waals surface area contributed by atoms with E-state index in [1.807, 2.05) is 27.7 Å². The summed E-state index contributed by atoms with van der Waals surface area (Å²) < 4.78 is 0.646. The molecule has 3 rings (SSSR count). The standard InChI is InChI=1S/C23H31N5O6S4/c1-10(2)24-22(25-11(3)4)36-9-15(29)27-17-19(32)28-18(21(33)34)13(7-35-20(17)28)8-37-23-26-12(5)14(38-23)6-16(30)31/h10-11,17,20H,6-9H2,1-5H3,(H,24,25)(H,27,29)(H,30,31)(H,33,34). The number of amides is 2. The Balaban J connectivity index is 1.62. The Labute approximate surface area is 237 Å². The van der Waals surface area contributed by atoms with Crippen molar-refractivity contribution >= 4 is 75.5 Å². The van der Waals surface area contributed by atoms with E-state index >= 15 is 0 Å². The number of aromatic nitrogens is 1. The number of carboxylic acid groups (broad SMARTS) is 2. The molecule has 208 valence electrons. The largest absolute Gasteiger partial charge is 0.481 e. The average Bonchev–Trinajstić information content (AvgIpc) is 3.16. The summed E-state index contributed by atoms with van der Waals surface area (Å²) in [4.78, 5) is 59.4. The molecule has 38 heavy (non-hydrogen) atoms. The molecule has 1 aromatic rings. The number of carbonyl (C=O) groups excluding carboxylic acids is 2. The number of thioether (sulfide) groups is 3. The van der Waals surface area contributed by atoms with E-state index in [4.69, 9.17) is 5.11 Å². The summed E-state index contributed by atoms with van der Waals surface area (Å²) in [5.74, 6) is -2.14. The van der Waals surface area contributed by atoms with Crippen molar-refractivity contribution in [1.82, 2.24) is 20.5 Å². The normalized spacial score (nSPS) is 19.5. The monoisotopic (exact) mass is 601 g/mol. The van der Waals surface area contributed by atoms with Crippen LogP contribution in [-0.4, -0.2) is 89.8 Å². The van der Waals surface area contributed by atoms with Gasteiger partial charge in [0.25, 0.3) is 5.91 Å². The van der Waals surface area contributed by atoms with Crippen LogP contribution < -0.4 is 10.6 Å². The lowest BCUT2D eigenvalue weighted by Crippen LogP contribution is -2.70. The van der Waals surface area contributed by atoms with Crippen molar-refractivity contribution in [2.45, 2.75) is 68.9 Å². The summed E-state index contributed by atoms with van der Waals surface area (Å²) in [7, 11) is 0. The van der Waals surface area contributed by atoms with Gasteiger partial charge in [-0.3, -0.25) is 24.3 Å². The number of rotatable bonds is 11. The van der Waals surface area contributed by atoms with Gasteiger partial charge in [0.2, 0.25) is 5.91 Å². The molecule has 2 aliphatic rings. The highest BCUT2D eigenvalue weighted by Gasteiger charge is 2.54. The first-order chi connectivity index (χ1) is 17.9. The summed E-state index contributed by atoms with van der Waals surface area (Å²) in [6, 6.07) is -0.573. The molecular weight excluding hydrogens is 571 g/mol. The van der Waals surface area contributed by atoms with Crippen LogP contribution in [-0.2, 0) is 25.6 Å². The molecule has 0 spiro atoms. The number of nitrogens with one attached hydrogen (secondary N) is 2. The number of thiazole rings is 1. The maximum atomic E-state index is 12.9. The molecule has 1 saturated heterocycles. The fourth-order valence-electron chi connectivity index (χ4n) is 3.65. The molecule has 2 atom stereocenters. The van der Waals surface area contributed by atoms with Crippen LogP contribution in [0.25, 0.3) is 0 Å². The van der Waals surface area contributed by atoms with Crippen molar-refractivity contribution in [3.63, 3.8) is 0 Å². The Morgan fingerprint density at radius 3 is 2.55 bits per heavy atom. The molecule has 3 heterocycles. The number of aryl methyl sites for hydroxylation is 1. The van der Waals surface area contributed by atoms with E-state index in [2.05, 4.69) is 20.6 Å². The highest BCUT2D eigenvalue weighted by molar-refractivity contribution is 8.14. The molecule has 0 radical (unpaired) electrons. The third kappa shape index (κ3) is 7.67. The van der Waals surface area contributed by atoms with E-state index in [1.54, 1.807) is 6.92 Å². The van der Waals surface area contributed by atoms with Crippen LogP contribution in [0, 0.1) is 6.92 Å². The van der Waals surface area contributed by atoms with Gasteiger partial charge in [0.15, 0.2) is 9.51 Å². The molecule has 0 aromatic carbocycles. The first-order valence-electron chi connectivity index (χ1n) is 11.8. The molecule has 1 aromatic heterocycles. The quantitative estimate of drug-likeness (QED) is 0.128. The third-order valence-corrected chi connectivity index (χ3v) is 9.88. The first-order valence-corrected chi connectivity index (χ1v) is 15.7. The fourth-order valence-corrected chi connectivity index (χ4v) is 8.32. The van der Waals surface area contributed by atoms with Gasteiger partial charge in [0.05, 0.1) is 17.9 Å². The molecule has 15 heteroatoms. The molecule has 11 nitrogen and oxygen atoms in total. The van der Waals surface area contributed by atoms with Crippen molar-refractivity contribution in [2.75, 3.05) is 17.3 Å². The minimum absolute atomic E-state index is 0.0577. The van der Waals surface area contributed by atoms with Gasteiger partial charge >= 0.3 is 11.9 Å². The Morgan fingerprint density at radius 2 is 1.95 bits per heavy atom. The van der Waals surface area contributed by atoms with Crippen LogP contribution in [0.2, 0.25) is 0 Å². The van der Waals surface area contributed by atoms with E-state index < -0.39 is 29.3 Å². The molecular formula is C23H31N5O6S4. The molecule has 2 amide bonds. The highest BCUT2D eigenvalue weighted by Crippen LogP contribution is 2.42. The molecule has 0 aliphatic carbocycles. The van der Waals surface area contributed by atoms with Crippen LogP contribution in [0.15, 0.2) is 20.6 Å². The Bertz CT molecular complexity index is 1170. The van der Waals surface area contributed by atoms with Gasteiger partial charge in [-0.1, -0.05) is 23.5 Å². The molecule has 1 fully saturated rings. The van der Waals surface area contributed by atoms with Gasteiger partial charge < -0.3 is 20.8 Å². The van der Waals surface area contributed by atoms with E-state index in [9.17, 15) is 24.3 Å². The number of hydrogen-bond acceptors (Lipinski definition) is 10. The Morgan fingerprint density at radius 1 is 1.24 bits per heavy atom. The molecule has 0 saturated carbocycles. The highest BCUT2D eigenvalue weighted by atomic mass is 32.2. The second kappa shape index (κ2) is 13.2. The van der Waals surface area contributed by atoms with Crippen molar-refractivity contribution in [1.29, 1.82) is 0 Å². The number of aliphatic carboxylic acids is 2. The van der Waals surface area contributed by atoms with E-state index in [-0.39, 0.29) is 35.9 Å². The number of fused-ring (bicyclic) bond motifs is 1. The number of aliphatic imine (C=N–C) groups is 1. The summed E-state index contributed by atoms with van der Waals surface area (Å²) >= 11 is 5.26.